The van der Waals surface area contributed by atoms with E-state index in [9.17, 15) is 18.5 Å². The molecule has 0 amide bonds. The first-order chi connectivity index (χ1) is 7.35. The number of anilines is 1. The number of nitro groups is 1. The lowest BCUT2D eigenvalue weighted by molar-refractivity contribution is -0.384. The van der Waals surface area contributed by atoms with Gasteiger partial charge in [-0.25, -0.2) is 13.4 Å². The Morgan fingerprint density at radius 1 is 1.56 bits per heavy atom. The molecular weight excluding hydrogens is 254 g/mol. The lowest BCUT2D eigenvalue weighted by atomic mass is 10.4. The van der Waals surface area contributed by atoms with Gasteiger partial charge >= 0.3 is 5.69 Å². The van der Waals surface area contributed by atoms with Gasteiger partial charge in [0, 0.05) is 6.07 Å². The predicted octanol–water partition coefficient (Wildman–Crippen LogP) is 1.04. The summed E-state index contributed by atoms with van der Waals surface area (Å²) in [6, 6.07) is 2.45. The van der Waals surface area contributed by atoms with Crippen LogP contribution in [0.5, 0.6) is 0 Å². The van der Waals surface area contributed by atoms with Crippen molar-refractivity contribution in [1.29, 1.82) is 0 Å². The summed E-state index contributed by atoms with van der Waals surface area (Å²) in [7, 11) is -3.60. The molecule has 1 aromatic heterocycles. The van der Waals surface area contributed by atoms with E-state index in [-0.39, 0.29) is 16.6 Å². The van der Waals surface area contributed by atoms with Crippen molar-refractivity contribution < 1.29 is 13.3 Å². The standard InChI is InChI=1S/C7H9N3O4S2/c1-2-16(13,14)9-7-5(10(11)12)3-4-6(15)8-7/h3-4H,2H2,1H3,(H2,8,9,15). The largest absolute Gasteiger partial charge is 0.312 e. The van der Waals surface area contributed by atoms with Gasteiger partial charge in [0.05, 0.1) is 15.7 Å². The molecule has 0 radical (unpaired) electrons. The molecule has 0 saturated carbocycles. The monoisotopic (exact) mass is 263 g/mol. The van der Waals surface area contributed by atoms with Crippen molar-refractivity contribution in [2.24, 2.45) is 0 Å². The van der Waals surface area contributed by atoms with Crippen molar-refractivity contribution in [2.75, 3.05) is 10.5 Å². The molecule has 0 aromatic carbocycles. The van der Waals surface area contributed by atoms with E-state index in [1.165, 1.54) is 13.0 Å². The molecule has 0 fully saturated rings. The molecule has 0 aliphatic carbocycles. The van der Waals surface area contributed by atoms with Crippen LogP contribution in [0.3, 0.4) is 0 Å². The molecule has 9 heteroatoms. The molecular formula is C7H9N3O4S2. The number of nitrogens with zero attached hydrogens (tertiary/aromatic N) is 2. The zero-order chi connectivity index (χ0) is 12.3. The minimum Gasteiger partial charge on any atom is -0.262 e. The highest BCUT2D eigenvalue weighted by Gasteiger charge is 2.19. The number of hydrogen-bond donors (Lipinski definition) is 2. The van der Waals surface area contributed by atoms with Crippen LogP contribution in [-0.4, -0.2) is 24.1 Å². The van der Waals surface area contributed by atoms with E-state index in [0.29, 0.717) is 0 Å². The molecule has 0 unspecified atom stereocenters. The Kier molecular flexibility index (Phi) is 3.70. The normalized spacial score (nSPS) is 11.1. The Labute approximate surface area is 97.5 Å². The van der Waals surface area contributed by atoms with Crippen molar-refractivity contribution >= 4 is 34.2 Å². The third-order valence-electron chi connectivity index (χ3n) is 1.69. The van der Waals surface area contributed by atoms with Crippen molar-refractivity contribution in [2.45, 2.75) is 11.9 Å². The molecule has 88 valence electrons. The summed E-state index contributed by atoms with van der Waals surface area (Å²) in [5, 5.41) is 10.8. The van der Waals surface area contributed by atoms with Gasteiger partial charge in [-0.3, -0.25) is 14.8 Å². The van der Waals surface area contributed by atoms with E-state index in [1.807, 2.05) is 4.72 Å². The predicted molar refractivity (Wildman–Crippen MR) is 61.2 cm³/mol. The van der Waals surface area contributed by atoms with Crippen LogP contribution in [0.25, 0.3) is 0 Å². The molecule has 0 aliphatic rings. The smallest absolute Gasteiger partial charge is 0.262 e. The summed E-state index contributed by atoms with van der Waals surface area (Å²) in [5.41, 5.74) is -0.408. The van der Waals surface area contributed by atoms with E-state index in [4.69, 9.17) is 0 Å². The Morgan fingerprint density at radius 3 is 2.69 bits per heavy atom. The van der Waals surface area contributed by atoms with Crippen LogP contribution in [0.15, 0.2) is 17.2 Å². The first-order valence-corrected chi connectivity index (χ1v) is 6.30. The Bertz CT molecular complexity index is 514. The van der Waals surface area contributed by atoms with Crippen LogP contribution in [0.1, 0.15) is 6.92 Å². The molecule has 7 nitrogen and oxygen atoms in total. The van der Waals surface area contributed by atoms with Gasteiger partial charge in [0.2, 0.25) is 15.8 Å². The summed E-state index contributed by atoms with van der Waals surface area (Å²) >= 11 is 3.88. The van der Waals surface area contributed by atoms with Gasteiger partial charge in [0.15, 0.2) is 0 Å². The molecule has 1 aromatic rings. The maximum atomic E-state index is 11.3. The number of hydrogen-bond acceptors (Lipinski definition) is 6. The highest BCUT2D eigenvalue weighted by molar-refractivity contribution is 7.92. The Balaban J connectivity index is 3.21. The van der Waals surface area contributed by atoms with Crippen molar-refractivity contribution in [3.8, 4) is 0 Å². The Morgan fingerprint density at radius 2 is 2.19 bits per heavy atom. The third kappa shape index (κ3) is 3.07. The second-order valence-electron chi connectivity index (χ2n) is 2.80. The van der Waals surface area contributed by atoms with Crippen LogP contribution in [0, 0.1) is 10.1 Å². The lowest BCUT2D eigenvalue weighted by Crippen LogP contribution is -2.16. The van der Waals surface area contributed by atoms with E-state index >= 15 is 0 Å². The molecule has 16 heavy (non-hydrogen) atoms. The van der Waals surface area contributed by atoms with Gasteiger partial charge < -0.3 is 0 Å². The minimum atomic E-state index is -3.60. The van der Waals surface area contributed by atoms with Gasteiger partial charge in [0.1, 0.15) is 0 Å². The molecule has 0 atom stereocenters. The van der Waals surface area contributed by atoms with E-state index in [2.05, 4.69) is 17.6 Å². The molecule has 0 aliphatic heterocycles. The van der Waals surface area contributed by atoms with Crippen molar-refractivity contribution in [1.82, 2.24) is 4.98 Å². The van der Waals surface area contributed by atoms with Crippen molar-refractivity contribution in [3.05, 3.63) is 22.2 Å². The van der Waals surface area contributed by atoms with Crippen LogP contribution in [0.4, 0.5) is 11.5 Å². The maximum Gasteiger partial charge on any atom is 0.312 e. The second-order valence-corrected chi connectivity index (χ2v) is 5.27. The summed E-state index contributed by atoms with van der Waals surface area (Å²) in [5.74, 6) is -0.512. The Hall–Kier alpha value is -1.35. The van der Waals surface area contributed by atoms with E-state index in [0.717, 1.165) is 6.07 Å². The van der Waals surface area contributed by atoms with Gasteiger partial charge in [0.25, 0.3) is 0 Å². The fraction of sp³-hybridized carbons (Fsp3) is 0.286. The van der Waals surface area contributed by atoms with E-state index < -0.39 is 20.6 Å². The topological polar surface area (TPSA) is 102 Å². The number of sulfonamides is 1. The average Bonchev–Trinajstić information content (AvgIpc) is 2.16. The van der Waals surface area contributed by atoms with E-state index in [1.54, 1.807) is 0 Å². The third-order valence-corrected chi connectivity index (χ3v) is 3.20. The van der Waals surface area contributed by atoms with Crippen LogP contribution >= 0.6 is 12.6 Å². The highest BCUT2D eigenvalue weighted by Crippen LogP contribution is 2.24. The van der Waals surface area contributed by atoms with Gasteiger partial charge in [-0.2, -0.15) is 0 Å². The SMILES string of the molecule is CCS(=O)(=O)Nc1nc(S)ccc1[N+](=O)[O-]. The summed E-state index contributed by atoms with van der Waals surface area (Å²) in [4.78, 5) is 13.6. The first kappa shape index (κ1) is 12.7. The molecule has 1 N–H and O–H groups in total. The van der Waals surface area contributed by atoms with Crippen LogP contribution in [0.2, 0.25) is 0 Å². The summed E-state index contributed by atoms with van der Waals surface area (Å²) in [6.45, 7) is 1.42. The molecule has 1 rings (SSSR count). The zero-order valence-corrected chi connectivity index (χ0v) is 9.96. The fourth-order valence-electron chi connectivity index (χ4n) is 0.883. The zero-order valence-electron chi connectivity index (χ0n) is 8.24. The second kappa shape index (κ2) is 4.66. The quantitative estimate of drug-likeness (QED) is 0.480. The first-order valence-electron chi connectivity index (χ1n) is 4.20. The molecule has 0 spiro atoms. The fourth-order valence-corrected chi connectivity index (χ4v) is 1.65. The van der Waals surface area contributed by atoms with Gasteiger partial charge in [-0.15, -0.1) is 12.6 Å². The van der Waals surface area contributed by atoms with Crippen LogP contribution in [-0.2, 0) is 10.0 Å². The molecule has 0 saturated heterocycles. The van der Waals surface area contributed by atoms with Crippen molar-refractivity contribution in [3.63, 3.8) is 0 Å². The number of rotatable bonds is 4. The number of aromatic nitrogens is 1. The minimum absolute atomic E-state index is 0.192. The summed E-state index contributed by atoms with van der Waals surface area (Å²) in [6.07, 6.45) is 0. The highest BCUT2D eigenvalue weighted by atomic mass is 32.2. The summed E-state index contributed by atoms with van der Waals surface area (Å²) < 4.78 is 24.5. The van der Waals surface area contributed by atoms with Crippen LogP contribution < -0.4 is 4.72 Å². The number of nitrogens with one attached hydrogen (secondary N) is 1. The number of pyridine rings is 1. The van der Waals surface area contributed by atoms with Gasteiger partial charge in [-0.1, -0.05) is 0 Å². The molecule has 0 bridgehead atoms. The lowest BCUT2D eigenvalue weighted by Gasteiger charge is -2.05. The number of thiol groups is 1. The molecule has 1 heterocycles. The average molecular weight is 263 g/mol. The van der Waals surface area contributed by atoms with Gasteiger partial charge in [-0.05, 0) is 13.0 Å². The maximum absolute atomic E-state index is 11.3.